The zero-order valence-corrected chi connectivity index (χ0v) is 12.6. The first-order valence-electron chi connectivity index (χ1n) is 7.33. The SMILES string of the molecule is C=C/C=C\c1c(C)oc2c1cc(C)c1oc3ccccc3c12. The maximum absolute atomic E-state index is 6.09. The highest BCUT2D eigenvalue weighted by molar-refractivity contribution is 6.19. The Morgan fingerprint density at radius 1 is 1.00 bits per heavy atom. The van der Waals surface area contributed by atoms with Crippen LogP contribution in [0.3, 0.4) is 0 Å². The molecule has 2 aromatic carbocycles. The van der Waals surface area contributed by atoms with Gasteiger partial charge in [-0.1, -0.05) is 43.0 Å². The van der Waals surface area contributed by atoms with Gasteiger partial charge in [0.15, 0.2) is 0 Å². The normalized spacial score (nSPS) is 12.1. The van der Waals surface area contributed by atoms with E-state index >= 15 is 0 Å². The van der Waals surface area contributed by atoms with Crippen LogP contribution >= 0.6 is 0 Å². The molecule has 0 unspecified atom stereocenters. The van der Waals surface area contributed by atoms with Gasteiger partial charge in [-0.25, -0.2) is 0 Å². The van der Waals surface area contributed by atoms with E-state index in [1.54, 1.807) is 6.08 Å². The van der Waals surface area contributed by atoms with E-state index in [-0.39, 0.29) is 0 Å². The van der Waals surface area contributed by atoms with Crippen molar-refractivity contribution in [3.63, 3.8) is 0 Å². The molecule has 2 aromatic heterocycles. The smallest absolute Gasteiger partial charge is 0.146 e. The van der Waals surface area contributed by atoms with E-state index in [4.69, 9.17) is 8.83 Å². The van der Waals surface area contributed by atoms with Crippen LogP contribution in [0, 0.1) is 13.8 Å². The molecule has 2 heteroatoms. The number of allylic oxidation sites excluding steroid dienone is 2. The molecular weight excluding hydrogens is 272 g/mol. The van der Waals surface area contributed by atoms with Crippen molar-refractivity contribution in [2.75, 3.05) is 0 Å². The van der Waals surface area contributed by atoms with Crippen LogP contribution in [0.15, 0.2) is 57.9 Å². The minimum absolute atomic E-state index is 0.894. The molecule has 0 aliphatic carbocycles. The van der Waals surface area contributed by atoms with E-state index in [1.165, 1.54) is 0 Å². The lowest BCUT2D eigenvalue weighted by Gasteiger charge is -1.97. The monoisotopic (exact) mass is 288 g/mol. The molecule has 0 radical (unpaired) electrons. The Balaban J connectivity index is 2.24. The molecule has 0 saturated carbocycles. The fourth-order valence-corrected chi connectivity index (χ4v) is 3.11. The Bertz CT molecular complexity index is 1060. The van der Waals surface area contributed by atoms with Crippen molar-refractivity contribution in [1.82, 2.24) is 0 Å². The van der Waals surface area contributed by atoms with Gasteiger partial charge in [-0.2, -0.15) is 0 Å². The third kappa shape index (κ3) is 1.67. The molecule has 0 aliphatic rings. The van der Waals surface area contributed by atoms with Crippen LogP contribution in [0.2, 0.25) is 0 Å². The van der Waals surface area contributed by atoms with Gasteiger partial charge in [0.2, 0.25) is 0 Å². The number of hydrogen-bond acceptors (Lipinski definition) is 2. The van der Waals surface area contributed by atoms with E-state index in [0.29, 0.717) is 0 Å². The Hall–Kier alpha value is -2.74. The van der Waals surface area contributed by atoms with Crippen LogP contribution in [0.5, 0.6) is 0 Å². The lowest BCUT2D eigenvalue weighted by molar-refractivity contribution is 0.580. The van der Waals surface area contributed by atoms with E-state index in [2.05, 4.69) is 25.6 Å². The second kappa shape index (κ2) is 4.63. The van der Waals surface area contributed by atoms with Crippen molar-refractivity contribution < 1.29 is 8.83 Å². The molecule has 2 heterocycles. The first-order valence-corrected chi connectivity index (χ1v) is 7.33. The van der Waals surface area contributed by atoms with Crippen LogP contribution < -0.4 is 0 Å². The van der Waals surface area contributed by atoms with Gasteiger partial charge in [0.25, 0.3) is 0 Å². The predicted octanol–water partition coefficient (Wildman–Crippen LogP) is 6.15. The number of aryl methyl sites for hydroxylation is 2. The average molecular weight is 288 g/mol. The summed E-state index contributed by atoms with van der Waals surface area (Å²) in [6.45, 7) is 7.81. The predicted molar refractivity (Wildman–Crippen MR) is 92.2 cm³/mol. The van der Waals surface area contributed by atoms with E-state index in [1.807, 2.05) is 37.3 Å². The number of para-hydroxylation sites is 1. The van der Waals surface area contributed by atoms with Crippen molar-refractivity contribution in [3.8, 4) is 0 Å². The van der Waals surface area contributed by atoms with E-state index < -0.39 is 0 Å². The minimum Gasteiger partial charge on any atom is -0.460 e. The largest absolute Gasteiger partial charge is 0.460 e. The summed E-state index contributed by atoms with van der Waals surface area (Å²) >= 11 is 0. The van der Waals surface area contributed by atoms with Crippen LogP contribution in [0.4, 0.5) is 0 Å². The highest BCUT2D eigenvalue weighted by atomic mass is 16.3. The zero-order chi connectivity index (χ0) is 15.3. The van der Waals surface area contributed by atoms with Gasteiger partial charge in [-0.15, -0.1) is 0 Å². The molecule has 4 aromatic rings. The molecule has 2 nitrogen and oxygen atoms in total. The molecule has 22 heavy (non-hydrogen) atoms. The first-order chi connectivity index (χ1) is 10.7. The summed E-state index contributed by atoms with van der Waals surface area (Å²) in [5.41, 5.74) is 4.91. The molecule has 108 valence electrons. The van der Waals surface area contributed by atoms with Gasteiger partial charge in [-0.05, 0) is 31.5 Å². The van der Waals surface area contributed by atoms with Crippen LogP contribution in [0.25, 0.3) is 39.0 Å². The highest BCUT2D eigenvalue weighted by Crippen LogP contribution is 2.39. The summed E-state index contributed by atoms with van der Waals surface area (Å²) in [5.74, 6) is 0.908. The number of fused-ring (bicyclic) bond motifs is 5. The molecule has 0 N–H and O–H groups in total. The lowest BCUT2D eigenvalue weighted by Crippen LogP contribution is -1.77. The first kappa shape index (κ1) is 13.0. The highest BCUT2D eigenvalue weighted by Gasteiger charge is 2.18. The Morgan fingerprint density at radius 2 is 1.82 bits per heavy atom. The van der Waals surface area contributed by atoms with Crippen molar-refractivity contribution in [2.45, 2.75) is 13.8 Å². The minimum atomic E-state index is 0.894. The van der Waals surface area contributed by atoms with Gasteiger partial charge < -0.3 is 8.83 Å². The summed E-state index contributed by atoms with van der Waals surface area (Å²) in [4.78, 5) is 0. The number of benzene rings is 2. The summed E-state index contributed by atoms with van der Waals surface area (Å²) in [6, 6.07) is 10.2. The van der Waals surface area contributed by atoms with Crippen molar-refractivity contribution in [3.05, 3.63) is 65.9 Å². The quantitative estimate of drug-likeness (QED) is 0.413. The number of furan rings is 2. The summed E-state index contributed by atoms with van der Waals surface area (Å²) < 4.78 is 12.1. The Kier molecular flexibility index (Phi) is 2.73. The van der Waals surface area contributed by atoms with Crippen molar-refractivity contribution in [1.29, 1.82) is 0 Å². The molecule has 0 fully saturated rings. The van der Waals surface area contributed by atoms with Crippen molar-refractivity contribution in [2.24, 2.45) is 0 Å². The molecule has 0 atom stereocenters. The molecule has 0 amide bonds. The van der Waals surface area contributed by atoms with Gasteiger partial charge in [0, 0.05) is 16.3 Å². The number of rotatable bonds is 2. The van der Waals surface area contributed by atoms with Gasteiger partial charge in [-0.3, -0.25) is 0 Å². The standard InChI is InChI=1S/C20H16O2/c1-4-5-8-14-13(3)21-20-16(14)11-12(2)19-18(20)15-9-6-7-10-17(15)22-19/h4-11H,1H2,2-3H3/b8-5-. The third-order valence-corrected chi connectivity index (χ3v) is 4.11. The van der Waals surface area contributed by atoms with Gasteiger partial charge >= 0.3 is 0 Å². The lowest BCUT2D eigenvalue weighted by atomic mass is 10.0. The van der Waals surface area contributed by atoms with Crippen molar-refractivity contribution >= 4 is 39.0 Å². The second-order valence-electron chi connectivity index (χ2n) is 5.54. The molecule has 0 saturated heterocycles. The number of hydrogen-bond donors (Lipinski definition) is 0. The van der Waals surface area contributed by atoms with Gasteiger partial charge in [0.1, 0.15) is 22.5 Å². The van der Waals surface area contributed by atoms with E-state index in [9.17, 15) is 0 Å². The molecule has 0 spiro atoms. The molecule has 0 aliphatic heterocycles. The average Bonchev–Trinajstić information content (AvgIpc) is 3.04. The Labute approximate surface area is 128 Å². The van der Waals surface area contributed by atoms with E-state index in [0.717, 1.165) is 49.8 Å². The second-order valence-corrected chi connectivity index (χ2v) is 5.54. The van der Waals surface area contributed by atoms with Crippen LogP contribution in [-0.4, -0.2) is 0 Å². The maximum Gasteiger partial charge on any atom is 0.146 e. The molecule has 0 bridgehead atoms. The summed E-state index contributed by atoms with van der Waals surface area (Å²) in [5, 5.41) is 3.28. The van der Waals surface area contributed by atoms with Crippen LogP contribution in [-0.2, 0) is 0 Å². The fourth-order valence-electron chi connectivity index (χ4n) is 3.11. The molecular formula is C20H16O2. The Morgan fingerprint density at radius 3 is 2.64 bits per heavy atom. The topological polar surface area (TPSA) is 26.3 Å². The van der Waals surface area contributed by atoms with Crippen LogP contribution in [0.1, 0.15) is 16.9 Å². The molecule has 4 rings (SSSR count). The van der Waals surface area contributed by atoms with Gasteiger partial charge in [0.05, 0.1) is 5.39 Å². The summed E-state index contributed by atoms with van der Waals surface area (Å²) in [7, 11) is 0. The summed E-state index contributed by atoms with van der Waals surface area (Å²) in [6.07, 6.45) is 5.75. The fraction of sp³-hybridized carbons (Fsp3) is 0.100. The third-order valence-electron chi connectivity index (χ3n) is 4.11. The maximum atomic E-state index is 6.09. The zero-order valence-electron chi connectivity index (χ0n) is 12.6.